The van der Waals surface area contributed by atoms with Crippen LogP contribution in [-0.4, -0.2) is 12.1 Å². The summed E-state index contributed by atoms with van der Waals surface area (Å²) in [4.78, 5) is 11.8. The Morgan fingerprint density at radius 2 is 2.18 bits per heavy atom. The zero-order valence-corrected chi connectivity index (χ0v) is 11.9. The van der Waals surface area contributed by atoms with Crippen LogP contribution >= 0.6 is 0 Å². The van der Waals surface area contributed by atoms with Crippen molar-refractivity contribution in [2.45, 2.75) is 66.4 Å². The number of carbonyl (C=O) groups excluding carboxylic acids is 1. The zero-order valence-electron chi connectivity index (χ0n) is 11.9. The van der Waals surface area contributed by atoms with Crippen LogP contribution in [0.15, 0.2) is 11.6 Å². The van der Waals surface area contributed by atoms with Crippen LogP contribution in [0.1, 0.15) is 60.3 Å². The highest BCUT2D eigenvalue weighted by atomic mass is 16.5. The predicted octanol–water partition coefficient (Wildman–Crippen LogP) is 4.10. The van der Waals surface area contributed by atoms with Gasteiger partial charge >= 0.3 is 5.97 Å². The van der Waals surface area contributed by atoms with Crippen molar-refractivity contribution >= 4 is 5.97 Å². The number of allylic oxidation sites excluding steroid dienone is 1. The fourth-order valence-corrected chi connectivity index (χ4v) is 2.84. The van der Waals surface area contributed by atoms with E-state index in [1.54, 1.807) is 0 Å². The molecule has 0 aromatic rings. The van der Waals surface area contributed by atoms with E-state index in [1.807, 2.05) is 13.0 Å². The third-order valence-corrected chi connectivity index (χ3v) is 4.00. The van der Waals surface area contributed by atoms with E-state index >= 15 is 0 Å². The first-order valence-corrected chi connectivity index (χ1v) is 6.79. The van der Waals surface area contributed by atoms with Crippen LogP contribution in [0.4, 0.5) is 0 Å². The quantitative estimate of drug-likeness (QED) is 0.544. The van der Waals surface area contributed by atoms with Gasteiger partial charge in [0.25, 0.3) is 0 Å². The minimum absolute atomic E-state index is 0.0890. The van der Waals surface area contributed by atoms with Crippen LogP contribution in [0.25, 0.3) is 0 Å². The standard InChI is InChI=1S/C15H26O2/c1-6-12-8-9-13(17-14(12)16)15(5,7-2)10-11(3)4/h6,11,13H,7-10H2,1-5H3/b12-6+. The van der Waals surface area contributed by atoms with Crippen LogP contribution in [-0.2, 0) is 9.53 Å². The fraction of sp³-hybridized carbons (Fsp3) is 0.800. The van der Waals surface area contributed by atoms with Crippen LogP contribution < -0.4 is 0 Å². The molecular weight excluding hydrogens is 212 g/mol. The Kier molecular flexibility index (Phi) is 4.79. The SMILES string of the molecule is C/C=C1\CCC(C(C)(CC)CC(C)C)OC1=O. The first-order chi connectivity index (χ1) is 7.92. The Morgan fingerprint density at radius 1 is 1.53 bits per heavy atom. The van der Waals surface area contributed by atoms with Crippen LogP contribution in [0.5, 0.6) is 0 Å². The highest BCUT2D eigenvalue weighted by Gasteiger charge is 2.38. The Bertz CT molecular complexity index is 304. The van der Waals surface area contributed by atoms with Gasteiger partial charge in [0.1, 0.15) is 6.10 Å². The molecule has 98 valence electrons. The molecule has 2 unspecified atom stereocenters. The third-order valence-electron chi connectivity index (χ3n) is 4.00. The van der Waals surface area contributed by atoms with Gasteiger partial charge in [0.15, 0.2) is 0 Å². The van der Waals surface area contributed by atoms with Gasteiger partial charge in [0.2, 0.25) is 0 Å². The number of hydrogen-bond donors (Lipinski definition) is 0. The predicted molar refractivity (Wildman–Crippen MR) is 70.7 cm³/mol. The molecule has 0 N–H and O–H groups in total. The summed E-state index contributed by atoms with van der Waals surface area (Å²) in [5.74, 6) is 0.536. The average Bonchev–Trinajstić information content (AvgIpc) is 2.27. The van der Waals surface area contributed by atoms with E-state index in [0.29, 0.717) is 5.92 Å². The van der Waals surface area contributed by atoms with Gasteiger partial charge < -0.3 is 4.74 Å². The molecule has 1 aliphatic heterocycles. The van der Waals surface area contributed by atoms with Gasteiger partial charge in [-0.05, 0) is 38.5 Å². The smallest absolute Gasteiger partial charge is 0.333 e. The lowest BCUT2D eigenvalue weighted by Gasteiger charge is -2.40. The van der Waals surface area contributed by atoms with Crippen molar-refractivity contribution in [3.63, 3.8) is 0 Å². The van der Waals surface area contributed by atoms with E-state index in [2.05, 4.69) is 27.7 Å². The molecule has 1 saturated heterocycles. The number of cyclic esters (lactones) is 1. The van der Waals surface area contributed by atoms with E-state index in [9.17, 15) is 4.79 Å². The summed E-state index contributed by atoms with van der Waals surface area (Å²) >= 11 is 0. The molecule has 0 spiro atoms. The molecule has 2 atom stereocenters. The maximum absolute atomic E-state index is 11.8. The average molecular weight is 238 g/mol. The lowest BCUT2D eigenvalue weighted by atomic mass is 9.72. The molecule has 0 aliphatic carbocycles. The van der Waals surface area contributed by atoms with Crippen molar-refractivity contribution in [2.75, 3.05) is 0 Å². The van der Waals surface area contributed by atoms with Crippen molar-refractivity contribution < 1.29 is 9.53 Å². The summed E-state index contributed by atoms with van der Waals surface area (Å²) in [7, 11) is 0. The molecule has 0 aromatic heterocycles. The Balaban J connectivity index is 2.75. The topological polar surface area (TPSA) is 26.3 Å². The molecule has 0 radical (unpaired) electrons. The first-order valence-electron chi connectivity index (χ1n) is 6.79. The second kappa shape index (κ2) is 5.70. The molecule has 0 bridgehead atoms. The number of hydrogen-bond acceptors (Lipinski definition) is 2. The van der Waals surface area contributed by atoms with E-state index in [-0.39, 0.29) is 17.5 Å². The van der Waals surface area contributed by atoms with Crippen LogP contribution in [0.3, 0.4) is 0 Å². The molecule has 0 saturated carbocycles. The summed E-state index contributed by atoms with van der Waals surface area (Å²) in [5.41, 5.74) is 0.965. The van der Waals surface area contributed by atoms with Crippen LogP contribution in [0, 0.1) is 11.3 Å². The first kappa shape index (κ1) is 14.3. The minimum atomic E-state index is -0.104. The van der Waals surface area contributed by atoms with Crippen molar-refractivity contribution in [1.29, 1.82) is 0 Å². The molecule has 1 aliphatic rings. The fourth-order valence-electron chi connectivity index (χ4n) is 2.84. The molecule has 2 heteroatoms. The Morgan fingerprint density at radius 3 is 2.59 bits per heavy atom. The summed E-state index contributed by atoms with van der Waals surface area (Å²) < 4.78 is 5.64. The third kappa shape index (κ3) is 3.34. The Labute approximate surface area is 105 Å². The van der Waals surface area contributed by atoms with Gasteiger partial charge in [-0.3, -0.25) is 0 Å². The summed E-state index contributed by atoms with van der Waals surface area (Å²) in [6.45, 7) is 10.8. The molecule has 1 heterocycles. The lowest BCUT2D eigenvalue weighted by Crippen LogP contribution is -2.40. The van der Waals surface area contributed by atoms with E-state index < -0.39 is 0 Å². The van der Waals surface area contributed by atoms with Gasteiger partial charge in [0.05, 0.1) is 0 Å². The summed E-state index contributed by atoms with van der Waals surface area (Å²) in [6.07, 6.45) is 5.99. The second-order valence-electron chi connectivity index (χ2n) is 5.85. The molecule has 1 fully saturated rings. The molecule has 0 amide bonds. The molecular formula is C15H26O2. The number of carbonyl (C=O) groups is 1. The van der Waals surface area contributed by atoms with E-state index in [0.717, 1.165) is 31.3 Å². The van der Waals surface area contributed by atoms with Gasteiger partial charge in [-0.15, -0.1) is 0 Å². The molecule has 0 aromatic carbocycles. The zero-order chi connectivity index (χ0) is 13.1. The Hall–Kier alpha value is -0.790. The maximum atomic E-state index is 11.8. The minimum Gasteiger partial charge on any atom is -0.458 e. The molecule has 2 nitrogen and oxygen atoms in total. The number of ether oxygens (including phenoxy) is 1. The summed E-state index contributed by atoms with van der Waals surface area (Å²) in [5, 5.41) is 0. The maximum Gasteiger partial charge on any atom is 0.333 e. The summed E-state index contributed by atoms with van der Waals surface area (Å²) in [6, 6.07) is 0. The van der Waals surface area contributed by atoms with Crippen molar-refractivity contribution in [3.05, 3.63) is 11.6 Å². The van der Waals surface area contributed by atoms with Gasteiger partial charge in [-0.25, -0.2) is 4.79 Å². The van der Waals surface area contributed by atoms with Gasteiger partial charge in [0, 0.05) is 11.0 Å². The van der Waals surface area contributed by atoms with E-state index in [1.165, 1.54) is 0 Å². The molecule has 1 rings (SSSR count). The normalized spacial score (nSPS) is 27.1. The number of rotatable bonds is 4. The van der Waals surface area contributed by atoms with Crippen molar-refractivity contribution in [3.8, 4) is 0 Å². The molecule has 17 heavy (non-hydrogen) atoms. The highest BCUT2D eigenvalue weighted by Crippen LogP contribution is 2.40. The second-order valence-corrected chi connectivity index (χ2v) is 5.85. The van der Waals surface area contributed by atoms with E-state index in [4.69, 9.17) is 4.74 Å². The number of esters is 1. The van der Waals surface area contributed by atoms with Gasteiger partial charge in [-0.2, -0.15) is 0 Å². The lowest BCUT2D eigenvalue weighted by molar-refractivity contribution is -0.156. The largest absolute Gasteiger partial charge is 0.458 e. The monoisotopic (exact) mass is 238 g/mol. The van der Waals surface area contributed by atoms with Crippen molar-refractivity contribution in [2.24, 2.45) is 11.3 Å². The van der Waals surface area contributed by atoms with Crippen molar-refractivity contribution in [1.82, 2.24) is 0 Å². The highest BCUT2D eigenvalue weighted by molar-refractivity contribution is 5.89. The van der Waals surface area contributed by atoms with Crippen LogP contribution in [0.2, 0.25) is 0 Å². The van der Waals surface area contributed by atoms with Gasteiger partial charge in [-0.1, -0.05) is 33.8 Å².